The lowest BCUT2D eigenvalue weighted by Crippen LogP contribution is -1.80. The first-order chi connectivity index (χ1) is 6.34. The summed E-state index contributed by atoms with van der Waals surface area (Å²) in [7, 11) is 0. The quantitative estimate of drug-likeness (QED) is 0.640. The van der Waals surface area contributed by atoms with Gasteiger partial charge < -0.3 is 10.3 Å². The number of benzene rings is 1. The minimum absolute atomic E-state index is 0.190. The van der Waals surface area contributed by atoms with Crippen molar-refractivity contribution in [3.63, 3.8) is 0 Å². The topological polar surface area (TPSA) is 37.7 Å². The molecule has 2 heterocycles. The Balaban J connectivity index is 2.26. The fraction of sp³-hybridized carbons (Fsp3) is 0.200. The maximum Gasteiger partial charge on any atom is 0.125 e. The molecule has 0 amide bonds. The average Bonchev–Trinajstić information content (AvgIpc) is 2.87. The highest BCUT2D eigenvalue weighted by atomic mass is 19.1. The maximum absolute atomic E-state index is 12.8. The van der Waals surface area contributed by atoms with Gasteiger partial charge in [0, 0.05) is 29.7 Å². The molecule has 2 N–H and O–H groups in total. The summed E-state index contributed by atoms with van der Waals surface area (Å²) in [6.07, 6.45) is 1.95. The first-order valence-electron chi connectivity index (χ1n) is 4.34. The lowest BCUT2D eigenvalue weighted by Gasteiger charge is -1.93. The van der Waals surface area contributed by atoms with E-state index in [-0.39, 0.29) is 5.82 Å². The van der Waals surface area contributed by atoms with Crippen molar-refractivity contribution in [2.45, 2.75) is 6.04 Å². The number of hydrogen-bond donors (Lipinski definition) is 2. The molecule has 1 atom stereocenters. The van der Waals surface area contributed by atoms with Gasteiger partial charge in [-0.15, -0.1) is 0 Å². The van der Waals surface area contributed by atoms with Crippen LogP contribution in [0.5, 0.6) is 0 Å². The molecule has 1 saturated heterocycles. The van der Waals surface area contributed by atoms with E-state index in [1.165, 1.54) is 17.7 Å². The molecular formula is C10H9FN2. The second-order valence-corrected chi connectivity index (χ2v) is 3.39. The van der Waals surface area contributed by atoms with Gasteiger partial charge in [0.15, 0.2) is 0 Å². The van der Waals surface area contributed by atoms with Crippen LogP contribution in [0.25, 0.3) is 10.9 Å². The lowest BCUT2D eigenvalue weighted by atomic mass is 10.1. The molecule has 1 fully saturated rings. The van der Waals surface area contributed by atoms with Gasteiger partial charge in [-0.2, -0.15) is 0 Å². The zero-order chi connectivity index (χ0) is 8.84. The molecule has 66 valence electrons. The normalized spacial score (nSPS) is 20.8. The van der Waals surface area contributed by atoms with Gasteiger partial charge in [0.1, 0.15) is 5.82 Å². The lowest BCUT2D eigenvalue weighted by molar-refractivity contribution is 0.629. The van der Waals surface area contributed by atoms with Crippen LogP contribution in [-0.4, -0.2) is 11.5 Å². The maximum atomic E-state index is 12.8. The van der Waals surface area contributed by atoms with Crippen molar-refractivity contribution in [2.24, 2.45) is 0 Å². The number of rotatable bonds is 1. The number of H-pyrrole nitrogens is 1. The molecule has 3 rings (SSSR count). The van der Waals surface area contributed by atoms with Crippen LogP contribution in [-0.2, 0) is 0 Å². The Bertz CT molecular complexity index is 457. The predicted molar refractivity (Wildman–Crippen MR) is 49.0 cm³/mol. The summed E-state index contributed by atoms with van der Waals surface area (Å²) in [6.45, 7) is 1.03. The van der Waals surface area contributed by atoms with Crippen LogP contribution in [0.4, 0.5) is 4.39 Å². The highest BCUT2D eigenvalue weighted by Crippen LogP contribution is 2.29. The second-order valence-electron chi connectivity index (χ2n) is 3.39. The van der Waals surface area contributed by atoms with Crippen molar-refractivity contribution in [2.75, 3.05) is 6.54 Å². The zero-order valence-corrected chi connectivity index (χ0v) is 6.97. The van der Waals surface area contributed by atoms with Crippen LogP contribution < -0.4 is 5.32 Å². The van der Waals surface area contributed by atoms with E-state index in [9.17, 15) is 4.39 Å². The van der Waals surface area contributed by atoms with Crippen molar-refractivity contribution < 1.29 is 4.39 Å². The summed E-state index contributed by atoms with van der Waals surface area (Å²) in [6, 6.07) is 5.33. The Hall–Kier alpha value is -1.35. The molecule has 3 heteroatoms. The molecule has 1 aromatic heterocycles. The number of aromatic nitrogens is 1. The molecule has 2 nitrogen and oxygen atoms in total. The molecule has 13 heavy (non-hydrogen) atoms. The van der Waals surface area contributed by atoms with Gasteiger partial charge in [0.05, 0.1) is 0 Å². The van der Waals surface area contributed by atoms with E-state index in [1.807, 2.05) is 12.3 Å². The first kappa shape index (κ1) is 7.09. The van der Waals surface area contributed by atoms with Gasteiger partial charge in [-0.05, 0) is 23.8 Å². The molecule has 0 unspecified atom stereocenters. The third-order valence-electron chi connectivity index (χ3n) is 2.46. The van der Waals surface area contributed by atoms with E-state index in [0.717, 1.165) is 17.4 Å². The second kappa shape index (κ2) is 2.33. The SMILES string of the molecule is Fc1ccc2c([C@H]3CN3)c[nH]c2c1. The van der Waals surface area contributed by atoms with Crippen LogP contribution >= 0.6 is 0 Å². The highest BCUT2D eigenvalue weighted by Gasteiger charge is 2.24. The Morgan fingerprint density at radius 1 is 1.38 bits per heavy atom. The summed E-state index contributed by atoms with van der Waals surface area (Å²) in [4.78, 5) is 3.07. The fourth-order valence-electron chi connectivity index (χ4n) is 1.69. The van der Waals surface area contributed by atoms with Gasteiger partial charge in [0.2, 0.25) is 0 Å². The molecule has 0 spiro atoms. The Kier molecular flexibility index (Phi) is 1.27. The fourth-order valence-corrected chi connectivity index (χ4v) is 1.69. The monoisotopic (exact) mass is 176 g/mol. The first-order valence-corrected chi connectivity index (χ1v) is 4.34. The van der Waals surface area contributed by atoms with Gasteiger partial charge in [-0.25, -0.2) is 4.39 Å². The van der Waals surface area contributed by atoms with E-state index in [1.54, 1.807) is 0 Å². The molecule has 1 aliphatic rings. The van der Waals surface area contributed by atoms with E-state index in [0.29, 0.717) is 6.04 Å². The Labute approximate surface area is 74.8 Å². The van der Waals surface area contributed by atoms with Crippen LogP contribution in [0.1, 0.15) is 11.6 Å². The van der Waals surface area contributed by atoms with Crippen LogP contribution in [0, 0.1) is 5.82 Å². The van der Waals surface area contributed by atoms with Crippen molar-refractivity contribution >= 4 is 10.9 Å². The average molecular weight is 176 g/mol. The highest BCUT2D eigenvalue weighted by molar-refractivity contribution is 5.84. The van der Waals surface area contributed by atoms with Crippen molar-refractivity contribution in [3.8, 4) is 0 Å². The van der Waals surface area contributed by atoms with Crippen LogP contribution in [0.3, 0.4) is 0 Å². The third kappa shape index (κ3) is 1.04. The van der Waals surface area contributed by atoms with Crippen LogP contribution in [0.15, 0.2) is 24.4 Å². The summed E-state index contributed by atoms with van der Waals surface area (Å²) in [5.41, 5.74) is 2.12. The molecule has 1 aromatic carbocycles. The molecule has 0 aliphatic carbocycles. The third-order valence-corrected chi connectivity index (χ3v) is 2.46. The van der Waals surface area contributed by atoms with Crippen molar-refractivity contribution in [3.05, 3.63) is 35.8 Å². The number of halogens is 1. The smallest absolute Gasteiger partial charge is 0.125 e. The minimum atomic E-state index is -0.190. The molecule has 0 bridgehead atoms. The molecule has 1 aliphatic heterocycles. The number of fused-ring (bicyclic) bond motifs is 1. The minimum Gasteiger partial charge on any atom is -0.361 e. The van der Waals surface area contributed by atoms with E-state index < -0.39 is 0 Å². The number of nitrogens with one attached hydrogen (secondary N) is 2. The van der Waals surface area contributed by atoms with E-state index in [2.05, 4.69) is 10.3 Å². The predicted octanol–water partition coefficient (Wildman–Crippen LogP) is 1.95. The zero-order valence-electron chi connectivity index (χ0n) is 6.97. The van der Waals surface area contributed by atoms with Crippen LogP contribution in [0.2, 0.25) is 0 Å². The Morgan fingerprint density at radius 2 is 2.23 bits per heavy atom. The van der Waals surface area contributed by atoms with E-state index in [4.69, 9.17) is 0 Å². The molecule has 2 aromatic rings. The largest absolute Gasteiger partial charge is 0.361 e. The van der Waals surface area contributed by atoms with Gasteiger partial charge in [-0.3, -0.25) is 0 Å². The van der Waals surface area contributed by atoms with E-state index >= 15 is 0 Å². The number of aromatic amines is 1. The Morgan fingerprint density at radius 3 is 3.00 bits per heavy atom. The van der Waals surface area contributed by atoms with Gasteiger partial charge in [-0.1, -0.05) is 0 Å². The summed E-state index contributed by atoms with van der Waals surface area (Å²) in [5, 5.41) is 4.35. The van der Waals surface area contributed by atoms with Crippen molar-refractivity contribution in [1.29, 1.82) is 0 Å². The van der Waals surface area contributed by atoms with Gasteiger partial charge in [0.25, 0.3) is 0 Å². The molecule has 0 saturated carbocycles. The summed E-state index contributed by atoms with van der Waals surface area (Å²) < 4.78 is 12.8. The summed E-state index contributed by atoms with van der Waals surface area (Å²) in [5.74, 6) is -0.190. The standard InChI is InChI=1S/C10H9FN2/c11-6-1-2-7-8(10-5-13-10)4-12-9(7)3-6/h1-4,10,12-13H,5H2/t10-/m1/s1. The summed E-state index contributed by atoms with van der Waals surface area (Å²) >= 11 is 0. The molecular weight excluding hydrogens is 167 g/mol. The molecule has 0 radical (unpaired) electrons. The van der Waals surface area contributed by atoms with Gasteiger partial charge >= 0.3 is 0 Å². The number of hydrogen-bond acceptors (Lipinski definition) is 1. The van der Waals surface area contributed by atoms with Crippen molar-refractivity contribution in [1.82, 2.24) is 10.3 Å².